The number of amides is 4. The van der Waals surface area contributed by atoms with Crippen molar-refractivity contribution in [3.63, 3.8) is 0 Å². The molecule has 0 bridgehead atoms. The number of imide groups is 2. The molecule has 20 nitrogen and oxygen atoms in total. The number of carbonyl (C=O) groups is 4. The van der Waals surface area contributed by atoms with Crippen LogP contribution >= 0.6 is 0 Å². The van der Waals surface area contributed by atoms with E-state index in [0.717, 1.165) is 131 Å². The van der Waals surface area contributed by atoms with Crippen LogP contribution in [0.5, 0.6) is 5.75 Å². The molecular formula is C52H65N13O7. The maximum Gasteiger partial charge on any atom is 0.262 e. The van der Waals surface area contributed by atoms with Crippen molar-refractivity contribution < 1.29 is 33.4 Å². The number of fused-ring (bicyclic) bond motifs is 2. The number of imidazole rings is 1. The van der Waals surface area contributed by atoms with E-state index in [0.29, 0.717) is 54.6 Å². The molecule has 72 heavy (non-hydrogen) atoms. The Hall–Kier alpha value is -6.74. The molecule has 1 unspecified atom stereocenters. The van der Waals surface area contributed by atoms with Gasteiger partial charge < -0.3 is 38.8 Å². The third-order valence-electron chi connectivity index (χ3n) is 14.5. The number of carbonyl (C=O) groups excluding carboxylic acids is 4. The van der Waals surface area contributed by atoms with Crippen LogP contribution in [0, 0.1) is 0 Å². The first-order valence-corrected chi connectivity index (χ1v) is 25.4. The molecule has 380 valence electrons. The van der Waals surface area contributed by atoms with Crippen molar-refractivity contribution in [3.8, 4) is 5.75 Å². The summed E-state index contributed by atoms with van der Waals surface area (Å²) in [6.07, 6.45) is 6.93. The summed E-state index contributed by atoms with van der Waals surface area (Å²) in [5, 5.41) is 5.63. The van der Waals surface area contributed by atoms with Crippen LogP contribution in [-0.2, 0) is 25.7 Å². The Bertz CT molecular complexity index is 2750. The standard InChI is InChI=1S/C52H65N13O7/c1-35(2)64-44-32-46(56-45-13-16-53-52(57-45)63-18-14-38(70-3)15-19-63)54-33-42(44)55-47(64)34-71-30-28-60-22-24-61(25-23-60)36-5-8-39(9-6-36)72-29-4-17-59-20-26-62(27-21-59)37-7-10-40-41(31-37)51(69)65(50(40)68)43-11-12-48(66)58-49(43)67/h5-10,13,16,31-33,35,38,43H,4,11-12,14-15,17-30,34H2,1-3H3,(H,58,66,67)(H,53,54,56,57). The van der Waals surface area contributed by atoms with Gasteiger partial charge in [0.15, 0.2) is 0 Å². The number of hydrogen-bond donors (Lipinski definition) is 2. The van der Waals surface area contributed by atoms with Gasteiger partial charge in [-0.25, -0.2) is 15.0 Å². The van der Waals surface area contributed by atoms with Crippen LogP contribution < -0.4 is 30.1 Å². The molecule has 4 saturated heterocycles. The molecule has 2 aromatic carbocycles. The summed E-state index contributed by atoms with van der Waals surface area (Å²) in [7, 11) is 1.77. The van der Waals surface area contributed by atoms with Gasteiger partial charge in [-0.3, -0.25) is 39.2 Å². The zero-order chi connectivity index (χ0) is 49.7. The fourth-order valence-corrected chi connectivity index (χ4v) is 10.5. The first-order chi connectivity index (χ1) is 35.1. The van der Waals surface area contributed by atoms with Crippen molar-refractivity contribution in [3.05, 3.63) is 83.9 Å². The molecule has 5 aliphatic rings. The molecule has 1 atom stereocenters. The fourth-order valence-electron chi connectivity index (χ4n) is 10.5. The van der Waals surface area contributed by atoms with Crippen LogP contribution in [0.1, 0.15) is 78.5 Å². The fraction of sp³-hybridized carbons (Fsp3) is 0.500. The number of piperidine rings is 2. The van der Waals surface area contributed by atoms with Gasteiger partial charge in [0.2, 0.25) is 17.8 Å². The van der Waals surface area contributed by atoms with Crippen molar-refractivity contribution >= 4 is 63.6 Å². The molecule has 20 heteroatoms. The van der Waals surface area contributed by atoms with E-state index in [1.807, 2.05) is 24.4 Å². The molecule has 5 aliphatic heterocycles. The van der Waals surface area contributed by atoms with Gasteiger partial charge in [0.1, 0.15) is 41.4 Å². The highest BCUT2D eigenvalue weighted by atomic mass is 16.5. The number of nitrogens with one attached hydrogen (secondary N) is 2. The number of piperazine rings is 2. The highest BCUT2D eigenvalue weighted by Crippen LogP contribution is 2.32. The normalized spacial score (nSPS) is 19.5. The number of anilines is 5. The second kappa shape index (κ2) is 21.9. The molecule has 0 radical (unpaired) electrons. The molecule has 0 aliphatic carbocycles. The minimum Gasteiger partial charge on any atom is -0.494 e. The molecular weight excluding hydrogens is 919 g/mol. The van der Waals surface area contributed by atoms with Crippen molar-refractivity contribution in [1.29, 1.82) is 0 Å². The maximum absolute atomic E-state index is 13.3. The summed E-state index contributed by atoms with van der Waals surface area (Å²) in [6, 6.07) is 16.8. The topological polar surface area (TPSA) is 196 Å². The Morgan fingerprint density at radius 1 is 0.722 bits per heavy atom. The summed E-state index contributed by atoms with van der Waals surface area (Å²) in [5.74, 6) is 1.88. The van der Waals surface area contributed by atoms with E-state index in [1.54, 1.807) is 25.4 Å². The number of aromatic nitrogens is 5. The van der Waals surface area contributed by atoms with Gasteiger partial charge in [-0.1, -0.05) is 0 Å². The Labute approximate surface area is 419 Å². The van der Waals surface area contributed by atoms with Crippen LogP contribution in [0.3, 0.4) is 0 Å². The second-order valence-electron chi connectivity index (χ2n) is 19.4. The largest absolute Gasteiger partial charge is 0.494 e. The van der Waals surface area contributed by atoms with Gasteiger partial charge in [0.25, 0.3) is 11.8 Å². The lowest BCUT2D eigenvalue weighted by molar-refractivity contribution is -0.136. The zero-order valence-corrected chi connectivity index (χ0v) is 41.5. The summed E-state index contributed by atoms with van der Waals surface area (Å²) in [6.45, 7) is 16.6. The van der Waals surface area contributed by atoms with Gasteiger partial charge >= 0.3 is 0 Å². The number of pyridine rings is 1. The van der Waals surface area contributed by atoms with Gasteiger partial charge in [-0.15, -0.1) is 0 Å². The lowest BCUT2D eigenvalue weighted by Gasteiger charge is -2.36. The molecule has 4 fully saturated rings. The third-order valence-corrected chi connectivity index (χ3v) is 14.5. The Balaban J connectivity index is 0.618. The van der Waals surface area contributed by atoms with E-state index in [-0.39, 0.29) is 24.8 Å². The first-order valence-electron chi connectivity index (χ1n) is 25.4. The highest BCUT2D eigenvalue weighted by Gasteiger charge is 2.45. The molecule has 5 aromatic rings. The van der Waals surface area contributed by atoms with E-state index in [2.05, 4.69) is 87.8 Å². The van der Waals surface area contributed by atoms with Crippen LogP contribution in [0.4, 0.5) is 29.0 Å². The van der Waals surface area contributed by atoms with E-state index >= 15 is 0 Å². The van der Waals surface area contributed by atoms with Gasteiger partial charge in [0, 0.05) is 122 Å². The maximum atomic E-state index is 13.3. The van der Waals surface area contributed by atoms with Gasteiger partial charge in [0.05, 0.1) is 42.2 Å². The molecule has 0 saturated carbocycles. The number of rotatable bonds is 18. The van der Waals surface area contributed by atoms with E-state index in [4.69, 9.17) is 24.2 Å². The van der Waals surface area contributed by atoms with E-state index in [1.165, 1.54) is 5.69 Å². The lowest BCUT2D eigenvalue weighted by atomic mass is 10.0. The van der Waals surface area contributed by atoms with Crippen LogP contribution in [0.25, 0.3) is 11.0 Å². The van der Waals surface area contributed by atoms with Crippen LogP contribution in [0.15, 0.2) is 67.0 Å². The quantitative estimate of drug-likeness (QED) is 0.0920. The van der Waals surface area contributed by atoms with E-state index < -0.39 is 23.8 Å². The molecule has 3 aromatic heterocycles. The Morgan fingerprint density at radius 2 is 1.43 bits per heavy atom. The second-order valence-corrected chi connectivity index (χ2v) is 19.4. The highest BCUT2D eigenvalue weighted by molar-refractivity contribution is 6.23. The summed E-state index contributed by atoms with van der Waals surface area (Å²) in [5.41, 5.74) is 4.50. The third kappa shape index (κ3) is 10.9. The molecule has 4 amide bonds. The van der Waals surface area contributed by atoms with Crippen molar-refractivity contribution in [2.24, 2.45) is 0 Å². The average Bonchev–Trinajstić information content (AvgIpc) is 3.89. The zero-order valence-electron chi connectivity index (χ0n) is 41.5. The summed E-state index contributed by atoms with van der Waals surface area (Å²) >= 11 is 0. The Kier molecular flexibility index (Phi) is 14.9. The molecule has 8 heterocycles. The first kappa shape index (κ1) is 48.9. The molecule has 10 rings (SSSR count). The van der Waals surface area contributed by atoms with Gasteiger partial charge in [-0.05, 0) is 88.1 Å². The number of methoxy groups -OCH3 is 1. The number of benzene rings is 2. The minimum absolute atomic E-state index is 0.0931. The predicted molar refractivity (Wildman–Crippen MR) is 272 cm³/mol. The monoisotopic (exact) mass is 984 g/mol. The molecule has 2 N–H and O–H groups in total. The number of hydrogen-bond acceptors (Lipinski definition) is 17. The number of nitrogens with zero attached hydrogens (tertiary/aromatic N) is 11. The van der Waals surface area contributed by atoms with Gasteiger partial charge in [-0.2, -0.15) is 4.98 Å². The lowest BCUT2D eigenvalue weighted by Crippen LogP contribution is -2.54. The molecule has 0 spiro atoms. The van der Waals surface area contributed by atoms with Crippen LogP contribution in [0.2, 0.25) is 0 Å². The van der Waals surface area contributed by atoms with Crippen molar-refractivity contribution in [1.82, 2.24) is 44.5 Å². The summed E-state index contributed by atoms with van der Waals surface area (Å²) < 4.78 is 20.2. The Morgan fingerprint density at radius 3 is 2.15 bits per heavy atom. The van der Waals surface area contributed by atoms with Crippen molar-refractivity contribution in [2.75, 3.05) is 119 Å². The summed E-state index contributed by atoms with van der Waals surface area (Å²) in [4.78, 5) is 82.2. The van der Waals surface area contributed by atoms with Crippen molar-refractivity contribution in [2.45, 2.75) is 70.7 Å². The minimum atomic E-state index is -0.972. The van der Waals surface area contributed by atoms with E-state index in [9.17, 15) is 19.2 Å². The van der Waals surface area contributed by atoms with Crippen LogP contribution in [-0.4, -0.2) is 174 Å². The smallest absolute Gasteiger partial charge is 0.262 e. The SMILES string of the molecule is COC1CCN(c2nccc(Nc3cc4c(cn3)nc(COCCN3CCN(c5ccc(OCCCN6CCN(c7ccc8c(c7)C(=O)N(C7CCC(=O)NC7=O)C8=O)CC6)cc5)CC3)n4C(C)C)n2)CC1. The average molecular weight is 984 g/mol. The predicted octanol–water partition coefficient (Wildman–Crippen LogP) is 4.49. The number of ether oxygens (including phenoxy) is 3.